The maximum Gasteiger partial charge on any atom is 0.244 e. The summed E-state index contributed by atoms with van der Waals surface area (Å²) in [7, 11) is -3.94. The average molecular weight is 480 g/mol. The van der Waals surface area contributed by atoms with Crippen molar-refractivity contribution < 1.29 is 22.0 Å². The number of carbonyl (C=O) groups is 1. The fourth-order valence-corrected chi connectivity index (χ4v) is 5.26. The van der Waals surface area contributed by atoms with E-state index < -0.39 is 33.6 Å². The van der Waals surface area contributed by atoms with E-state index in [0.717, 1.165) is 59.0 Å². The summed E-state index contributed by atoms with van der Waals surface area (Å²) in [6.45, 7) is 7.53. The Hall–Kier alpha value is -2.68. The first-order valence-corrected chi connectivity index (χ1v) is 12.9. The second-order valence-electron chi connectivity index (χ2n) is 8.82. The smallest absolute Gasteiger partial charge is 0.244 e. The molecular weight excluding hydrogens is 448 g/mol. The number of carbonyl (C=O) groups excluding carboxylic acids is 1. The minimum atomic E-state index is -3.94. The topological polar surface area (TPSA) is 69.7 Å². The number of benzene rings is 2. The molecule has 1 heterocycles. The van der Waals surface area contributed by atoms with Crippen LogP contribution in [0.1, 0.15) is 45.2 Å². The summed E-state index contributed by atoms with van der Waals surface area (Å²) in [6, 6.07) is 9.16. The van der Waals surface area contributed by atoms with Gasteiger partial charge in [-0.3, -0.25) is 9.10 Å². The molecule has 1 aliphatic heterocycles. The SMILES string of the molecule is CC1CCN(c2ccc([C@H](C)NC(=O)[C@H](C)N(c3ccc(F)c(F)c3)S(C)(=O)=O)cc2)CC1. The van der Waals surface area contributed by atoms with Gasteiger partial charge in [-0.25, -0.2) is 17.2 Å². The van der Waals surface area contributed by atoms with Crippen molar-refractivity contribution in [2.24, 2.45) is 5.92 Å². The molecule has 0 aliphatic carbocycles. The summed E-state index contributed by atoms with van der Waals surface area (Å²) in [5.74, 6) is -2.09. The summed E-state index contributed by atoms with van der Waals surface area (Å²) in [6.07, 6.45) is 3.25. The van der Waals surface area contributed by atoms with Crippen molar-refractivity contribution in [3.05, 3.63) is 59.7 Å². The van der Waals surface area contributed by atoms with Crippen LogP contribution >= 0.6 is 0 Å². The third-order valence-electron chi connectivity index (χ3n) is 6.15. The van der Waals surface area contributed by atoms with Crippen LogP contribution in [0.3, 0.4) is 0 Å². The predicted octanol–water partition coefficient (Wildman–Crippen LogP) is 4.23. The molecule has 6 nitrogen and oxygen atoms in total. The van der Waals surface area contributed by atoms with Gasteiger partial charge >= 0.3 is 0 Å². The summed E-state index contributed by atoms with van der Waals surface area (Å²) < 4.78 is 52.5. The van der Waals surface area contributed by atoms with Crippen LogP contribution in [0.15, 0.2) is 42.5 Å². The van der Waals surface area contributed by atoms with Crippen LogP contribution in [-0.4, -0.2) is 39.7 Å². The van der Waals surface area contributed by atoms with Crippen LogP contribution in [-0.2, 0) is 14.8 Å². The number of rotatable bonds is 7. The molecule has 1 N–H and O–H groups in total. The number of hydrogen-bond donors (Lipinski definition) is 1. The van der Waals surface area contributed by atoms with Gasteiger partial charge in [-0.15, -0.1) is 0 Å². The van der Waals surface area contributed by atoms with Crippen molar-refractivity contribution in [2.75, 3.05) is 28.6 Å². The first-order valence-electron chi connectivity index (χ1n) is 11.1. The van der Waals surface area contributed by atoms with E-state index in [1.54, 1.807) is 0 Å². The highest BCUT2D eigenvalue weighted by atomic mass is 32.2. The van der Waals surface area contributed by atoms with Gasteiger partial charge < -0.3 is 10.2 Å². The van der Waals surface area contributed by atoms with Crippen molar-refractivity contribution in [3.63, 3.8) is 0 Å². The molecule has 1 amide bonds. The second-order valence-corrected chi connectivity index (χ2v) is 10.7. The Bertz CT molecular complexity index is 1080. The van der Waals surface area contributed by atoms with Crippen LogP contribution in [0.4, 0.5) is 20.2 Å². The van der Waals surface area contributed by atoms with Crippen LogP contribution in [0, 0.1) is 17.6 Å². The number of nitrogens with zero attached hydrogens (tertiary/aromatic N) is 2. The van der Waals surface area contributed by atoms with Crippen molar-refractivity contribution in [1.29, 1.82) is 0 Å². The highest BCUT2D eigenvalue weighted by Gasteiger charge is 2.30. The van der Waals surface area contributed by atoms with Crippen LogP contribution in [0.2, 0.25) is 0 Å². The van der Waals surface area contributed by atoms with Crippen molar-refractivity contribution >= 4 is 27.3 Å². The normalized spacial score (nSPS) is 16.8. The van der Waals surface area contributed by atoms with E-state index in [2.05, 4.69) is 17.1 Å². The highest BCUT2D eigenvalue weighted by Crippen LogP contribution is 2.26. The van der Waals surface area contributed by atoms with E-state index in [-0.39, 0.29) is 11.7 Å². The molecule has 2 aromatic rings. The maximum absolute atomic E-state index is 13.7. The van der Waals surface area contributed by atoms with Gasteiger partial charge in [0.1, 0.15) is 6.04 Å². The fourth-order valence-electron chi connectivity index (χ4n) is 4.09. The van der Waals surface area contributed by atoms with Crippen molar-refractivity contribution in [3.8, 4) is 0 Å². The molecule has 2 atom stereocenters. The van der Waals surface area contributed by atoms with Gasteiger partial charge in [0, 0.05) is 24.8 Å². The number of amides is 1. The van der Waals surface area contributed by atoms with E-state index in [9.17, 15) is 22.0 Å². The molecule has 0 aromatic heterocycles. The molecule has 0 spiro atoms. The van der Waals surface area contributed by atoms with Crippen LogP contribution < -0.4 is 14.5 Å². The Morgan fingerprint density at radius 2 is 1.67 bits per heavy atom. The Labute approximate surface area is 194 Å². The number of halogens is 2. The van der Waals surface area contributed by atoms with Crippen molar-refractivity contribution in [1.82, 2.24) is 5.32 Å². The molecule has 180 valence electrons. The summed E-state index contributed by atoms with van der Waals surface area (Å²) >= 11 is 0. The zero-order chi connectivity index (χ0) is 24.3. The lowest BCUT2D eigenvalue weighted by Gasteiger charge is -2.32. The number of sulfonamides is 1. The quantitative estimate of drug-likeness (QED) is 0.645. The molecule has 3 rings (SSSR count). The summed E-state index contributed by atoms with van der Waals surface area (Å²) in [5.41, 5.74) is 1.90. The lowest BCUT2D eigenvalue weighted by atomic mass is 9.98. The molecule has 33 heavy (non-hydrogen) atoms. The largest absolute Gasteiger partial charge is 0.372 e. The molecule has 2 aromatic carbocycles. The molecule has 0 saturated carbocycles. The number of piperidine rings is 1. The third kappa shape index (κ3) is 6.01. The molecule has 1 aliphatic rings. The van der Waals surface area contributed by atoms with E-state index in [1.165, 1.54) is 19.8 Å². The Morgan fingerprint density at radius 1 is 1.06 bits per heavy atom. The molecule has 9 heteroatoms. The van der Waals surface area contributed by atoms with Gasteiger partial charge in [0.15, 0.2) is 11.6 Å². The summed E-state index contributed by atoms with van der Waals surface area (Å²) in [5, 5.41) is 2.82. The van der Waals surface area contributed by atoms with Crippen LogP contribution in [0.25, 0.3) is 0 Å². The first-order chi connectivity index (χ1) is 15.5. The minimum Gasteiger partial charge on any atom is -0.372 e. The second kappa shape index (κ2) is 10.1. The monoisotopic (exact) mass is 479 g/mol. The maximum atomic E-state index is 13.7. The van der Waals surface area contributed by atoms with Crippen molar-refractivity contribution in [2.45, 2.75) is 45.7 Å². The Balaban J connectivity index is 1.71. The number of hydrogen-bond acceptors (Lipinski definition) is 4. The van der Waals surface area contributed by atoms with Gasteiger partial charge in [0.25, 0.3) is 0 Å². The molecule has 0 unspecified atom stereocenters. The predicted molar refractivity (Wildman–Crippen MR) is 127 cm³/mol. The highest BCUT2D eigenvalue weighted by molar-refractivity contribution is 7.92. The molecule has 0 radical (unpaired) electrons. The lowest BCUT2D eigenvalue weighted by molar-refractivity contribution is -0.122. The zero-order valence-electron chi connectivity index (χ0n) is 19.4. The van der Waals surface area contributed by atoms with Gasteiger partial charge in [0.05, 0.1) is 18.0 Å². The number of anilines is 2. The Kier molecular flexibility index (Phi) is 7.62. The van der Waals surface area contributed by atoms with Crippen LogP contribution in [0.5, 0.6) is 0 Å². The van der Waals surface area contributed by atoms with E-state index in [1.807, 2.05) is 31.2 Å². The molecule has 1 saturated heterocycles. The average Bonchev–Trinajstić information content (AvgIpc) is 2.76. The zero-order valence-corrected chi connectivity index (χ0v) is 20.2. The Morgan fingerprint density at radius 3 is 2.21 bits per heavy atom. The standard InChI is InChI=1S/C24H31F2N3O3S/c1-16-11-13-28(14-12-16)20-7-5-19(6-8-20)17(2)27-24(30)18(3)29(33(4,31)32)21-9-10-22(25)23(26)15-21/h5-10,15-18H,11-14H2,1-4H3,(H,27,30)/t17-,18-/m0/s1. The molecule has 0 bridgehead atoms. The van der Waals surface area contributed by atoms with Gasteiger partial charge in [-0.05, 0) is 62.4 Å². The van der Waals surface area contributed by atoms with Gasteiger partial charge in [0.2, 0.25) is 15.9 Å². The first kappa shape index (κ1) is 25.0. The molecule has 1 fully saturated rings. The third-order valence-corrected chi connectivity index (χ3v) is 7.39. The molecular formula is C24H31F2N3O3S. The van der Waals surface area contributed by atoms with Gasteiger partial charge in [-0.1, -0.05) is 19.1 Å². The lowest BCUT2D eigenvalue weighted by Crippen LogP contribution is -2.48. The van der Waals surface area contributed by atoms with E-state index in [0.29, 0.717) is 0 Å². The summed E-state index contributed by atoms with van der Waals surface area (Å²) in [4.78, 5) is 15.2. The fraction of sp³-hybridized carbons (Fsp3) is 0.458. The number of nitrogens with one attached hydrogen (secondary N) is 1. The van der Waals surface area contributed by atoms with Gasteiger partial charge in [-0.2, -0.15) is 0 Å². The van der Waals surface area contributed by atoms with E-state index in [4.69, 9.17) is 0 Å². The van der Waals surface area contributed by atoms with E-state index >= 15 is 0 Å². The minimum absolute atomic E-state index is 0.119.